The van der Waals surface area contributed by atoms with Crippen molar-refractivity contribution in [3.63, 3.8) is 0 Å². The highest BCUT2D eigenvalue weighted by atomic mass is 16.3. The summed E-state index contributed by atoms with van der Waals surface area (Å²) in [5, 5.41) is 9.27. The summed E-state index contributed by atoms with van der Waals surface area (Å²) in [5.74, 6) is -0.125. The minimum absolute atomic E-state index is 0.0312. The lowest BCUT2D eigenvalue weighted by molar-refractivity contribution is -0.578. The number of carbonyl (C=O) groups is 1. The monoisotopic (exact) mass is 178 g/mol. The summed E-state index contributed by atoms with van der Waals surface area (Å²) in [6.45, 7) is 2.92. The molecule has 0 aromatic carbocycles. The zero-order valence-electron chi connectivity index (χ0n) is 7.69. The van der Waals surface area contributed by atoms with E-state index in [1.807, 2.05) is 6.07 Å². The van der Waals surface area contributed by atoms with Crippen molar-refractivity contribution in [2.45, 2.75) is 13.8 Å². The van der Waals surface area contributed by atoms with Gasteiger partial charge in [-0.1, -0.05) is 6.07 Å². The van der Waals surface area contributed by atoms with Crippen LogP contribution in [0, 0.1) is 0 Å². The molecule has 0 saturated carbocycles. The van der Waals surface area contributed by atoms with Gasteiger partial charge in [0.15, 0.2) is 18.2 Å². The molecule has 1 aromatic rings. The first-order valence-electron chi connectivity index (χ1n) is 4.00. The number of aliphatic hydroxyl groups is 1. The van der Waals surface area contributed by atoms with Crippen LogP contribution in [0.5, 0.6) is 0 Å². The summed E-state index contributed by atoms with van der Waals surface area (Å²) >= 11 is 0. The second kappa shape index (κ2) is 3.85. The van der Waals surface area contributed by atoms with Crippen LogP contribution in [-0.2, 0) is 4.79 Å². The van der Waals surface area contributed by atoms with Gasteiger partial charge in [0.25, 0.3) is 5.70 Å². The first-order valence-corrected chi connectivity index (χ1v) is 4.00. The van der Waals surface area contributed by atoms with Crippen LogP contribution in [0.3, 0.4) is 0 Å². The van der Waals surface area contributed by atoms with Gasteiger partial charge in [0.05, 0.1) is 0 Å². The first-order chi connectivity index (χ1) is 6.13. The molecule has 1 N–H and O–H groups in total. The van der Waals surface area contributed by atoms with E-state index in [4.69, 9.17) is 0 Å². The largest absolute Gasteiger partial charge is 0.506 e. The molecular formula is C10H12NO2+. The van der Waals surface area contributed by atoms with Gasteiger partial charge in [0.2, 0.25) is 5.78 Å². The standard InChI is InChI=1S/C10H11NO2/c1-8(12)10(9(2)13)11-6-4-3-5-7-11/h3-7H,1-2H3/p+1. The Morgan fingerprint density at radius 1 is 1.15 bits per heavy atom. The zero-order valence-corrected chi connectivity index (χ0v) is 7.69. The lowest BCUT2D eigenvalue weighted by atomic mass is 10.2. The Bertz CT molecular complexity index is 337. The summed E-state index contributed by atoms with van der Waals surface area (Å²) in [6.07, 6.45) is 3.44. The van der Waals surface area contributed by atoms with Gasteiger partial charge in [-0.2, -0.15) is 4.57 Å². The molecule has 0 aliphatic rings. The molecule has 3 nitrogen and oxygen atoms in total. The molecule has 0 atom stereocenters. The lowest BCUT2D eigenvalue weighted by Gasteiger charge is -1.97. The maximum absolute atomic E-state index is 11.1. The molecule has 0 fully saturated rings. The Balaban J connectivity index is 3.20. The highest BCUT2D eigenvalue weighted by molar-refractivity contribution is 6.10. The average Bonchev–Trinajstić information content (AvgIpc) is 2.04. The number of pyridine rings is 1. The zero-order chi connectivity index (χ0) is 9.84. The van der Waals surface area contributed by atoms with Crippen LogP contribution in [0.25, 0.3) is 5.70 Å². The van der Waals surface area contributed by atoms with Crippen molar-refractivity contribution in [3.8, 4) is 0 Å². The van der Waals surface area contributed by atoms with Gasteiger partial charge in [0, 0.05) is 19.1 Å². The fraction of sp³-hybridized carbons (Fsp3) is 0.200. The first kappa shape index (κ1) is 9.45. The Labute approximate surface area is 77.0 Å². The van der Waals surface area contributed by atoms with Crippen LogP contribution in [0.1, 0.15) is 13.8 Å². The molecule has 0 aliphatic carbocycles. The molecule has 0 amide bonds. The molecule has 68 valence electrons. The second-order valence-electron chi connectivity index (χ2n) is 2.77. The van der Waals surface area contributed by atoms with E-state index in [0.29, 0.717) is 5.70 Å². The topological polar surface area (TPSA) is 41.2 Å². The van der Waals surface area contributed by atoms with E-state index in [1.165, 1.54) is 13.8 Å². The number of aliphatic hydroxyl groups excluding tert-OH is 1. The van der Waals surface area contributed by atoms with Gasteiger partial charge in [-0.05, 0) is 6.92 Å². The summed E-state index contributed by atoms with van der Waals surface area (Å²) < 4.78 is 1.59. The molecule has 1 heterocycles. The van der Waals surface area contributed by atoms with E-state index in [-0.39, 0.29) is 11.5 Å². The maximum Gasteiger partial charge on any atom is 0.291 e. The van der Waals surface area contributed by atoms with Crippen LogP contribution >= 0.6 is 0 Å². The average molecular weight is 178 g/mol. The van der Waals surface area contributed by atoms with Crippen molar-refractivity contribution < 1.29 is 14.5 Å². The molecular weight excluding hydrogens is 166 g/mol. The molecule has 1 rings (SSSR count). The van der Waals surface area contributed by atoms with Crippen LogP contribution < -0.4 is 4.57 Å². The van der Waals surface area contributed by atoms with E-state index in [2.05, 4.69) is 0 Å². The molecule has 1 aromatic heterocycles. The van der Waals surface area contributed by atoms with Gasteiger partial charge >= 0.3 is 0 Å². The van der Waals surface area contributed by atoms with Gasteiger partial charge in [-0.15, -0.1) is 0 Å². The van der Waals surface area contributed by atoms with E-state index in [0.717, 1.165) is 0 Å². The molecule has 0 spiro atoms. The van der Waals surface area contributed by atoms with Crippen LogP contribution in [0.15, 0.2) is 36.4 Å². The summed E-state index contributed by atoms with van der Waals surface area (Å²) in [6, 6.07) is 5.44. The fourth-order valence-electron chi connectivity index (χ4n) is 1.17. The van der Waals surface area contributed by atoms with E-state index < -0.39 is 0 Å². The van der Waals surface area contributed by atoms with Gasteiger partial charge < -0.3 is 5.11 Å². The highest BCUT2D eigenvalue weighted by Crippen LogP contribution is 2.00. The molecule has 3 heteroatoms. The number of aromatic nitrogens is 1. The Kier molecular flexibility index (Phi) is 2.80. The van der Waals surface area contributed by atoms with Crippen molar-refractivity contribution in [2.24, 2.45) is 0 Å². The number of Topliss-reactive ketones (excluding diaryl/α,β-unsaturated/α-hetero) is 1. The van der Waals surface area contributed by atoms with Crippen molar-refractivity contribution in [2.75, 3.05) is 0 Å². The number of rotatable bonds is 2. The van der Waals surface area contributed by atoms with Gasteiger partial charge in [-0.3, -0.25) is 4.79 Å². The molecule has 0 saturated heterocycles. The Morgan fingerprint density at radius 3 is 2.08 bits per heavy atom. The van der Waals surface area contributed by atoms with Crippen molar-refractivity contribution in [1.82, 2.24) is 0 Å². The van der Waals surface area contributed by atoms with Crippen LogP contribution in [0.4, 0.5) is 0 Å². The summed E-state index contributed by atoms with van der Waals surface area (Å²) in [5.41, 5.74) is 0.306. The number of carbonyl (C=O) groups excluding carboxylic acids is 1. The quantitative estimate of drug-likeness (QED) is 0.421. The number of hydrogen-bond acceptors (Lipinski definition) is 2. The number of allylic oxidation sites excluding steroid dienone is 2. The van der Waals surface area contributed by atoms with Gasteiger partial charge in [0.1, 0.15) is 0 Å². The Hall–Kier alpha value is -1.64. The minimum atomic E-state index is -0.156. The second-order valence-corrected chi connectivity index (χ2v) is 2.77. The van der Waals surface area contributed by atoms with E-state index >= 15 is 0 Å². The smallest absolute Gasteiger partial charge is 0.291 e. The summed E-state index contributed by atoms with van der Waals surface area (Å²) in [7, 11) is 0. The van der Waals surface area contributed by atoms with Crippen LogP contribution in [-0.4, -0.2) is 10.9 Å². The molecule has 0 unspecified atom stereocenters. The number of hydrogen-bond donors (Lipinski definition) is 1. The van der Waals surface area contributed by atoms with Crippen LogP contribution in [0.2, 0.25) is 0 Å². The molecule has 0 aliphatic heterocycles. The SMILES string of the molecule is CC(=O)/C(=C(/C)O)[n+]1ccccc1. The van der Waals surface area contributed by atoms with Crippen molar-refractivity contribution in [1.29, 1.82) is 0 Å². The van der Waals surface area contributed by atoms with Gasteiger partial charge in [-0.25, -0.2) is 0 Å². The predicted molar refractivity (Wildman–Crippen MR) is 48.8 cm³/mol. The minimum Gasteiger partial charge on any atom is -0.506 e. The third kappa shape index (κ3) is 2.15. The number of nitrogens with zero attached hydrogens (tertiary/aromatic N) is 1. The number of ketones is 1. The van der Waals surface area contributed by atoms with Crippen molar-refractivity contribution in [3.05, 3.63) is 36.4 Å². The third-order valence-electron chi connectivity index (χ3n) is 1.65. The Morgan fingerprint density at radius 2 is 1.69 bits per heavy atom. The summed E-state index contributed by atoms with van der Waals surface area (Å²) in [4.78, 5) is 11.1. The predicted octanol–water partition coefficient (Wildman–Crippen LogP) is 1.31. The fourth-order valence-corrected chi connectivity index (χ4v) is 1.17. The normalized spacial score (nSPS) is 12.2. The maximum atomic E-state index is 11.1. The molecule has 0 bridgehead atoms. The lowest BCUT2D eigenvalue weighted by Crippen LogP contribution is -2.35. The van der Waals surface area contributed by atoms with E-state index in [9.17, 15) is 9.90 Å². The highest BCUT2D eigenvalue weighted by Gasteiger charge is 2.18. The molecule has 13 heavy (non-hydrogen) atoms. The van der Waals surface area contributed by atoms with Crippen molar-refractivity contribution >= 4 is 11.5 Å². The van der Waals surface area contributed by atoms with E-state index in [1.54, 1.807) is 29.1 Å². The molecule has 0 radical (unpaired) electrons. The third-order valence-corrected chi connectivity index (χ3v) is 1.65.